The summed E-state index contributed by atoms with van der Waals surface area (Å²) in [6.45, 7) is 4.15. The Morgan fingerprint density at radius 1 is 1.33 bits per heavy atom. The van der Waals surface area contributed by atoms with Gasteiger partial charge in [0.1, 0.15) is 28.4 Å². The van der Waals surface area contributed by atoms with Crippen LogP contribution in [0.2, 0.25) is 0 Å². The average molecular weight is 371 g/mol. The minimum Gasteiger partial charge on any atom is -0.507 e. The van der Waals surface area contributed by atoms with Crippen LogP contribution in [0.3, 0.4) is 0 Å². The molecule has 3 aliphatic rings. The molecule has 0 spiro atoms. The lowest BCUT2D eigenvalue weighted by Gasteiger charge is -2.32. The van der Waals surface area contributed by atoms with E-state index < -0.39 is 5.60 Å². The zero-order chi connectivity index (χ0) is 19.2. The number of carbonyl (C=O) groups excluding carboxylic acids is 2. The van der Waals surface area contributed by atoms with Crippen molar-refractivity contribution >= 4 is 11.7 Å². The number of hydrogen-bond donors (Lipinski definition) is 2. The summed E-state index contributed by atoms with van der Waals surface area (Å²) in [6, 6.07) is 2.91. The van der Waals surface area contributed by atoms with E-state index in [4.69, 9.17) is 9.47 Å². The third kappa shape index (κ3) is 3.66. The molecule has 6 heteroatoms. The first kappa shape index (κ1) is 17.9. The molecule has 27 heavy (non-hydrogen) atoms. The Kier molecular flexibility index (Phi) is 4.36. The maximum Gasteiger partial charge on any atom is 0.257 e. The molecular weight excluding hydrogens is 346 g/mol. The lowest BCUT2D eigenvalue weighted by Crippen LogP contribution is -2.36. The highest BCUT2D eigenvalue weighted by Gasteiger charge is 2.36. The summed E-state index contributed by atoms with van der Waals surface area (Å²) in [7, 11) is 0. The van der Waals surface area contributed by atoms with E-state index in [0.29, 0.717) is 35.8 Å². The van der Waals surface area contributed by atoms with Crippen molar-refractivity contribution in [2.24, 2.45) is 17.8 Å². The van der Waals surface area contributed by atoms with Crippen molar-refractivity contribution in [3.05, 3.63) is 29.8 Å². The Balaban J connectivity index is 1.34. The van der Waals surface area contributed by atoms with Gasteiger partial charge in [-0.2, -0.15) is 0 Å². The Bertz CT molecular complexity index is 813. The van der Waals surface area contributed by atoms with Crippen LogP contribution in [0, 0.1) is 17.8 Å². The number of Topliss-reactive ketones (excluding diaryl/α,β-unsaturated/α-hetero) is 1. The number of ketones is 1. The van der Waals surface area contributed by atoms with Crippen LogP contribution in [-0.4, -0.2) is 35.5 Å². The second-order valence-corrected chi connectivity index (χ2v) is 8.41. The highest BCUT2D eigenvalue weighted by atomic mass is 16.5. The molecule has 1 aromatic rings. The van der Waals surface area contributed by atoms with Gasteiger partial charge in [0.05, 0.1) is 6.42 Å². The van der Waals surface area contributed by atoms with Crippen molar-refractivity contribution in [2.75, 3.05) is 13.2 Å². The fraction of sp³-hybridized carbons (Fsp3) is 0.524. The van der Waals surface area contributed by atoms with E-state index in [2.05, 4.69) is 17.5 Å². The molecule has 3 atom stereocenters. The molecule has 0 aromatic heterocycles. The number of rotatable bonds is 5. The summed E-state index contributed by atoms with van der Waals surface area (Å²) < 4.78 is 11.3. The second-order valence-electron chi connectivity index (χ2n) is 8.41. The van der Waals surface area contributed by atoms with Crippen LogP contribution in [0.1, 0.15) is 43.5 Å². The Morgan fingerprint density at radius 3 is 2.85 bits per heavy atom. The monoisotopic (exact) mass is 371 g/mol. The van der Waals surface area contributed by atoms with Gasteiger partial charge < -0.3 is 19.9 Å². The number of aromatic hydroxyl groups is 1. The minimum atomic E-state index is -0.637. The third-order valence-corrected chi connectivity index (χ3v) is 5.65. The Morgan fingerprint density at radius 2 is 2.15 bits per heavy atom. The molecule has 1 aliphatic heterocycles. The molecule has 0 radical (unpaired) electrons. The van der Waals surface area contributed by atoms with Crippen molar-refractivity contribution < 1.29 is 24.2 Å². The highest BCUT2D eigenvalue weighted by molar-refractivity contribution is 6.03. The zero-order valence-electron chi connectivity index (χ0n) is 15.7. The van der Waals surface area contributed by atoms with Crippen LogP contribution in [0.15, 0.2) is 24.3 Å². The van der Waals surface area contributed by atoms with Crippen LogP contribution in [0.25, 0.3) is 0 Å². The molecule has 2 N–H and O–H groups in total. The van der Waals surface area contributed by atoms with Crippen molar-refractivity contribution in [3.8, 4) is 17.2 Å². The van der Waals surface area contributed by atoms with E-state index in [-0.39, 0.29) is 36.0 Å². The third-order valence-electron chi connectivity index (χ3n) is 5.65. The summed E-state index contributed by atoms with van der Waals surface area (Å²) in [4.78, 5) is 24.3. The van der Waals surface area contributed by atoms with Gasteiger partial charge in [-0.1, -0.05) is 12.2 Å². The summed E-state index contributed by atoms with van der Waals surface area (Å²) >= 11 is 0. The van der Waals surface area contributed by atoms with Gasteiger partial charge in [0.2, 0.25) is 0 Å². The van der Waals surface area contributed by atoms with Crippen molar-refractivity contribution in [1.82, 2.24) is 5.32 Å². The number of carbonyl (C=O) groups is 2. The highest BCUT2D eigenvalue weighted by Crippen LogP contribution is 2.43. The molecule has 1 saturated carbocycles. The standard InChI is InChI=1S/C21H25NO5/c1-21(2)9-17(24)20-16(23)7-15(8-18(20)27-21)26-11-19(25)22-10-14-6-12-3-4-13(14)5-12/h3-4,7-8,12-14,23H,5-6,9-11H2,1-2H3,(H,22,25)/t12-,13-,14+/m0/s1. The molecule has 0 saturated heterocycles. The van der Waals surface area contributed by atoms with E-state index in [9.17, 15) is 14.7 Å². The molecule has 4 rings (SSSR count). The van der Waals surface area contributed by atoms with Gasteiger partial charge in [-0.25, -0.2) is 0 Å². The number of ether oxygens (including phenoxy) is 2. The van der Waals surface area contributed by atoms with Crippen LogP contribution < -0.4 is 14.8 Å². The van der Waals surface area contributed by atoms with Gasteiger partial charge in [0.25, 0.3) is 5.91 Å². The van der Waals surface area contributed by atoms with Crippen LogP contribution >= 0.6 is 0 Å². The molecule has 6 nitrogen and oxygen atoms in total. The van der Waals surface area contributed by atoms with E-state index in [1.165, 1.54) is 12.5 Å². The number of hydrogen-bond acceptors (Lipinski definition) is 5. The topological polar surface area (TPSA) is 84.9 Å². The molecule has 2 bridgehead atoms. The second kappa shape index (κ2) is 6.59. The van der Waals surface area contributed by atoms with Gasteiger partial charge in [-0.15, -0.1) is 0 Å². The van der Waals surface area contributed by atoms with E-state index in [0.717, 1.165) is 6.42 Å². The number of fused-ring (bicyclic) bond motifs is 3. The number of phenolic OH excluding ortho intramolecular Hbond substituents is 1. The number of phenols is 1. The fourth-order valence-corrected chi connectivity index (χ4v) is 4.40. The zero-order valence-corrected chi connectivity index (χ0v) is 15.7. The van der Waals surface area contributed by atoms with Crippen LogP contribution in [0.5, 0.6) is 17.2 Å². The maximum atomic E-state index is 12.2. The molecule has 1 aromatic carbocycles. The largest absolute Gasteiger partial charge is 0.507 e. The fourth-order valence-electron chi connectivity index (χ4n) is 4.40. The molecule has 0 unspecified atom stereocenters. The summed E-state index contributed by atoms with van der Waals surface area (Å²) in [6.07, 6.45) is 7.10. The predicted molar refractivity (Wildman–Crippen MR) is 99.1 cm³/mol. The molecule has 1 amide bonds. The minimum absolute atomic E-state index is 0.147. The summed E-state index contributed by atoms with van der Waals surface area (Å²) in [5.74, 6) is 1.83. The first-order valence-corrected chi connectivity index (χ1v) is 9.48. The number of amides is 1. The van der Waals surface area contributed by atoms with Crippen molar-refractivity contribution in [2.45, 2.75) is 38.7 Å². The Labute approximate surface area is 158 Å². The van der Waals surface area contributed by atoms with E-state index in [1.54, 1.807) is 6.07 Å². The average Bonchev–Trinajstić information content (AvgIpc) is 3.19. The van der Waals surface area contributed by atoms with Crippen LogP contribution in [0.4, 0.5) is 0 Å². The molecular formula is C21H25NO5. The molecule has 144 valence electrons. The van der Waals surface area contributed by atoms with E-state index in [1.807, 2.05) is 13.8 Å². The lowest BCUT2D eigenvalue weighted by atomic mass is 9.92. The quantitative estimate of drug-likeness (QED) is 0.778. The van der Waals surface area contributed by atoms with Gasteiger partial charge in [-0.3, -0.25) is 9.59 Å². The van der Waals surface area contributed by atoms with Gasteiger partial charge in [0, 0.05) is 18.7 Å². The smallest absolute Gasteiger partial charge is 0.257 e. The SMILES string of the molecule is CC1(C)CC(=O)c2c(O)cc(OCC(=O)NC[C@H]3C[C@H]4C=C[C@H]3C4)cc2O1. The molecule has 1 heterocycles. The van der Waals surface area contributed by atoms with Gasteiger partial charge in [0.15, 0.2) is 12.4 Å². The molecule has 2 aliphatic carbocycles. The number of benzene rings is 1. The molecule has 1 fully saturated rings. The lowest BCUT2D eigenvalue weighted by molar-refractivity contribution is -0.123. The van der Waals surface area contributed by atoms with Crippen LogP contribution in [-0.2, 0) is 4.79 Å². The van der Waals surface area contributed by atoms with Gasteiger partial charge >= 0.3 is 0 Å². The first-order valence-electron chi connectivity index (χ1n) is 9.48. The van der Waals surface area contributed by atoms with E-state index >= 15 is 0 Å². The maximum absolute atomic E-state index is 12.2. The number of nitrogens with one attached hydrogen (secondary N) is 1. The Hall–Kier alpha value is -2.50. The van der Waals surface area contributed by atoms with Gasteiger partial charge in [-0.05, 0) is 44.4 Å². The first-order chi connectivity index (χ1) is 12.8. The van der Waals surface area contributed by atoms with Crippen molar-refractivity contribution in [1.29, 1.82) is 0 Å². The van der Waals surface area contributed by atoms with Crippen molar-refractivity contribution in [3.63, 3.8) is 0 Å². The summed E-state index contributed by atoms with van der Waals surface area (Å²) in [5.41, 5.74) is -0.461. The summed E-state index contributed by atoms with van der Waals surface area (Å²) in [5, 5.41) is 13.1. The predicted octanol–water partition coefficient (Wildman–Crippen LogP) is 2.84. The normalized spacial score (nSPS) is 27.2. The number of allylic oxidation sites excluding steroid dienone is 2.